The number of nitrogens with one attached hydrogen (secondary N) is 1. The number of hydrogen-bond acceptors (Lipinski definition) is 8. The van der Waals surface area contributed by atoms with Crippen LogP contribution in [0, 0.1) is 0 Å². The first kappa shape index (κ1) is 21.7. The zero-order valence-corrected chi connectivity index (χ0v) is 17.0. The van der Waals surface area contributed by atoms with Crippen LogP contribution in [0.4, 0.5) is 19.0 Å². The summed E-state index contributed by atoms with van der Waals surface area (Å²) >= 11 is 0. The zero-order valence-electron chi connectivity index (χ0n) is 17.0. The molecule has 2 aromatic heterocycles. The van der Waals surface area contributed by atoms with Crippen molar-refractivity contribution in [1.82, 2.24) is 25.1 Å². The molecule has 0 aromatic carbocycles. The smallest absolute Gasteiger partial charge is 0.390 e. The lowest BCUT2D eigenvalue weighted by atomic mass is 9.99. The lowest BCUT2D eigenvalue weighted by Gasteiger charge is -2.25. The highest BCUT2D eigenvalue weighted by Crippen LogP contribution is 2.33. The molecule has 12 heteroatoms. The Morgan fingerprint density at radius 3 is 3.00 bits per heavy atom. The molecule has 1 fully saturated rings. The van der Waals surface area contributed by atoms with Crippen LogP contribution in [0.15, 0.2) is 46.5 Å². The summed E-state index contributed by atoms with van der Waals surface area (Å²) in [6, 6.07) is 1.75. The largest absolute Gasteiger partial charge is 0.434 e. The third-order valence-electron chi connectivity index (χ3n) is 5.33. The molecule has 168 valence electrons. The summed E-state index contributed by atoms with van der Waals surface area (Å²) in [4.78, 5) is 19.4. The molecule has 0 bridgehead atoms. The first-order valence-electron chi connectivity index (χ1n) is 9.86. The predicted octanol–water partition coefficient (Wildman–Crippen LogP) is 2.48. The summed E-state index contributed by atoms with van der Waals surface area (Å²) < 4.78 is 39.4. The van der Waals surface area contributed by atoms with Crippen molar-refractivity contribution in [3.05, 3.63) is 53.6 Å². The molecule has 1 unspecified atom stereocenters. The Hall–Kier alpha value is -3.54. The molecule has 2 aromatic rings. The summed E-state index contributed by atoms with van der Waals surface area (Å²) in [5.74, 6) is 1.05. The second-order valence-electron chi connectivity index (χ2n) is 7.31. The highest BCUT2D eigenvalue weighted by Gasteiger charge is 2.36. The van der Waals surface area contributed by atoms with Crippen molar-refractivity contribution in [2.45, 2.75) is 25.1 Å². The summed E-state index contributed by atoms with van der Waals surface area (Å²) in [6.07, 6.45) is 2.98. The third kappa shape index (κ3) is 4.40. The minimum absolute atomic E-state index is 0.112. The highest BCUT2D eigenvalue weighted by atomic mass is 19.4. The van der Waals surface area contributed by atoms with Crippen LogP contribution in [0.25, 0.3) is 5.70 Å². The van der Waals surface area contributed by atoms with Crippen molar-refractivity contribution in [2.75, 3.05) is 24.5 Å². The molecule has 4 heterocycles. The van der Waals surface area contributed by atoms with Gasteiger partial charge in [0.1, 0.15) is 11.5 Å². The van der Waals surface area contributed by atoms with E-state index in [1.165, 1.54) is 17.3 Å². The van der Waals surface area contributed by atoms with E-state index < -0.39 is 11.9 Å². The van der Waals surface area contributed by atoms with Gasteiger partial charge in [0.2, 0.25) is 0 Å². The molecule has 4 rings (SSSR count). The van der Waals surface area contributed by atoms with Gasteiger partial charge in [0.15, 0.2) is 11.5 Å². The van der Waals surface area contributed by atoms with Gasteiger partial charge < -0.3 is 14.9 Å². The molecule has 1 saturated heterocycles. The second-order valence-corrected chi connectivity index (χ2v) is 7.31. The van der Waals surface area contributed by atoms with E-state index in [4.69, 9.17) is 0 Å². The minimum atomic E-state index is -4.57. The van der Waals surface area contributed by atoms with Gasteiger partial charge in [-0.1, -0.05) is 0 Å². The number of aromatic amines is 1. The van der Waals surface area contributed by atoms with Gasteiger partial charge in [-0.05, 0) is 19.2 Å². The molecule has 0 saturated carbocycles. The minimum Gasteiger partial charge on any atom is -0.390 e. The quantitative estimate of drug-likeness (QED) is 0.661. The van der Waals surface area contributed by atoms with Crippen LogP contribution in [-0.2, 0) is 6.61 Å². The maximum Gasteiger partial charge on any atom is 0.434 e. The standard InChI is InChI=1S/C20H21F3N8O/c1-24-9-16(30-7-5-25-17(11-30)20(21,22)23)19-26-4-2-18(28-19)31-6-3-13(10-31)14-8-27-29-15(14)12-32/h2,4-5,8-9,11,13,32H,1,3,6-7,10,12H2,(H,27,29)/b16-9-. The third-order valence-corrected chi connectivity index (χ3v) is 5.33. The van der Waals surface area contributed by atoms with Gasteiger partial charge in [-0.2, -0.15) is 18.3 Å². The highest BCUT2D eigenvalue weighted by molar-refractivity contribution is 5.70. The molecule has 2 aliphatic rings. The first-order chi connectivity index (χ1) is 15.4. The number of aliphatic imine (C=N–C) groups is 2. The van der Waals surface area contributed by atoms with Crippen LogP contribution in [0.2, 0.25) is 0 Å². The van der Waals surface area contributed by atoms with Gasteiger partial charge in [0.05, 0.1) is 31.2 Å². The molecule has 2 N–H and O–H groups in total. The fraction of sp³-hybridized carbons (Fsp3) is 0.350. The molecule has 0 amide bonds. The van der Waals surface area contributed by atoms with Crippen molar-refractivity contribution in [2.24, 2.45) is 9.98 Å². The second kappa shape index (κ2) is 8.91. The molecule has 2 aliphatic heterocycles. The van der Waals surface area contributed by atoms with Crippen LogP contribution in [0.5, 0.6) is 0 Å². The SMILES string of the molecule is C=N/C=C(/c1nccc(N2CCC(c3cn[nH]c3CO)C2)n1)N1C=C(C(F)(F)F)N=CC1. The average molecular weight is 446 g/mol. The molecular weight excluding hydrogens is 425 g/mol. The number of rotatable bonds is 6. The Morgan fingerprint density at radius 2 is 2.25 bits per heavy atom. The van der Waals surface area contributed by atoms with E-state index in [1.54, 1.807) is 18.5 Å². The van der Waals surface area contributed by atoms with Crippen molar-refractivity contribution in [3.8, 4) is 0 Å². The number of halogens is 3. The van der Waals surface area contributed by atoms with Crippen LogP contribution >= 0.6 is 0 Å². The van der Waals surface area contributed by atoms with E-state index in [0.29, 0.717) is 18.1 Å². The van der Waals surface area contributed by atoms with Gasteiger partial charge >= 0.3 is 6.18 Å². The van der Waals surface area contributed by atoms with Crippen LogP contribution < -0.4 is 4.90 Å². The van der Waals surface area contributed by atoms with E-state index in [1.807, 2.05) is 0 Å². The van der Waals surface area contributed by atoms with Crippen molar-refractivity contribution < 1.29 is 18.3 Å². The number of aliphatic hydroxyl groups is 1. The zero-order chi connectivity index (χ0) is 22.7. The van der Waals surface area contributed by atoms with Gasteiger partial charge in [-0.15, -0.1) is 0 Å². The van der Waals surface area contributed by atoms with Gasteiger partial charge in [0.25, 0.3) is 0 Å². The van der Waals surface area contributed by atoms with Gasteiger partial charge in [-0.3, -0.25) is 15.1 Å². The molecule has 9 nitrogen and oxygen atoms in total. The summed E-state index contributed by atoms with van der Waals surface area (Å²) in [5, 5.41) is 16.3. The van der Waals surface area contributed by atoms with Gasteiger partial charge in [0, 0.05) is 43.2 Å². The Bertz CT molecular complexity index is 1070. The summed E-state index contributed by atoms with van der Waals surface area (Å²) in [7, 11) is 0. The lowest BCUT2D eigenvalue weighted by Crippen LogP contribution is -2.27. The molecule has 0 aliphatic carbocycles. The van der Waals surface area contributed by atoms with E-state index in [-0.39, 0.29) is 30.6 Å². The van der Waals surface area contributed by atoms with Crippen molar-refractivity contribution >= 4 is 24.4 Å². The number of nitrogens with zero attached hydrogens (tertiary/aromatic N) is 7. The normalized spacial score (nSPS) is 19.4. The van der Waals surface area contributed by atoms with Crippen LogP contribution in [0.3, 0.4) is 0 Å². The fourth-order valence-electron chi connectivity index (χ4n) is 3.79. The molecule has 32 heavy (non-hydrogen) atoms. The van der Waals surface area contributed by atoms with Crippen LogP contribution in [0.1, 0.15) is 29.4 Å². The van der Waals surface area contributed by atoms with Crippen molar-refractivity contribution in [3.63, 3.8) is 0 Å². The predicted molar refractivity (Wildman–Crippen MR) is 113 cm³/mol. The Kier molecular flexibility index (Phi) is 6.04. The molecule has 0 spiro atoms. The fourth-order valence-corrected chi connectivity index (χ4v) is 3.79. The number of alkyl halides is 3. The Balaban J connectivity index is 1.58. The number of anilines is 1. The first-order valence-corrected chi connectivity index (χ1v) is 9.86. The Morgan fingerprint density at radius 1 is 1.41 bits per heavy atom. The topological polar surface area (TPSA) is 106 Å². The monoisotopic (exact) mass is 446 g/mol. The molecule has 0 radical (unpaired) electrons. The molecular formula is C20H21F3N8O. The molecule has 1 atom stereocenters. The number of aromatic nitrogens is 4. The summed E-state index contributed by atoms with van der Waals surface area (Å²) in [6.45, 7) is 4.81. The van der Waals surface area contributed by atoms with E-state index in [2.05, 4.69) is 41.8 Å². The Labute approximate surface area is 181 Å². The van der Waals surface area contributed by atoms with Crippen LogP contribution in [-0.4, -0.2) is 68.9 Å². The number of aliphatic hydroxyl groups excluding tert-OH is 1. The maximum absolute atomic E-state index is 13.1. The van der Waals surface area contributed by atoms with E-state index in [9.17, 15) is 18.3 Å². The number of allylic oxidation sites excluding steroid dienone is 1. The van der Waals surface area contributed by atoms with E-state index >= 15 is 0 Å². The average Bonchev–Trinajstić information content (AvgIpc) is 3.46. The number of hydrogen-bond donors (Lipinski definition) is 2. The van der Waals surface area contributed by atoms with Crippen molar-refractivity contribution in [1.29, 1.82) is 0 Å². The number of H-pyrrole nitrogens is 1. The summed E-state index contributed by atoms with van der Waals surface area (Å²) in [5.41, 5.74) is 0.930. The van der Waals surface area contributed by atoms with E-state index in [0.717, 1.165) is 24.7 Å². The maximum atomic E-state index is 13.1. The van der Waals surface area contributed by atoms with Gasteiger partial charge in [-0.25, -0.2) is 9.97 Å². The lowest BCUT2D eigenvalue weighted by molar-refractivity contribution is -0.0934.